The highest BCUT2D eigenvalue weighted by Crippen LogP contribution is 2.27. The fourth-order valence-corrected chi connectivity index (χ4v) is 3.51. The summed E-state index contributed by atoms with van der Waals surface area (Å²) >= 11 is 7.27. The van der Waals surface area contributed by atoms with Gasteiger partial charge in [0, 0.05) is 42.0 Å². The summed E-state index contributed by atoms with van der Waals surface area (Å²) < 4.78 is 5.19. The van der Waals surface area contributed by atoms with Gasteiger partial charge in [-0.2, -0.15) is 0 Å². The quantitative estimate of drug-likeness (QED) is 0.868. The first-order valence-electron chi connectivity index (χ1n) is 7.35. The van der Waals surface area contributed by atoms with Crippen molar-refractivity contribution in [2.24, 2.45) is 0 Å². The van der Waals surface area contributed by atoms with E-state index >= 15 is 0 Å². The molecule has 1 fully saturated rings. The monoisotopic (exact) mass is 366 g/mol. The second kappa shape index (κ2) is 6.88. The highest BCUT2D eigenvalue weighted by atomic mass is 35.5. The Kier molecular flexibility index (Phi) is 4.84. The summed E-state index contributed by atoms with van der Waals surface area (Å²) in [6.45, 7) is 0.606. The molecule has 1 saturated heterocycles. The lowest BCUT2D eigenvalue weighted by Gasteiger charge is -2.33. The molecule has 1 aliphatic heterocycles. The molecule has 0 bridgehead atoms. The van der Waals surface area contributed by atoms with E-state index in [4.69, 9.17) is 16.3 Å². The number of halogens is 1. The molecule has 2 aromatic rings. The van der Waals surface area contributed by atoms with Gasteiger partial charge in [0.15, 0.2) is 0 Å². The topological polar surface area (TPSA) is 88.5 Å². The number of carboxylic acids is 1. The zero-order valence-electron chi connectivity index (χ0n) is 12.6. The van der Waals surface area contributed by atoms with Gasteiger partial charge in [-0.15, -0.1) is 11.3 Å². The zero-order chi connectivity index (χ0) is 17.2. The molecular formula is C16H15ClN2O4S. The Bertz CT molecular complexity index is 771. The molecule has 0 spiro atoms. The first-order valence-corrected chi connectivity index (χ1v) is 8.61. The van der Waals surface area contributed by atoms with Gasteiger partial charge in [0.2, 0.25) is 0 Å². The van der Waals surface area contributed by atoms with E-state index in [2.05, 4.69) is 10.3 Å². The third-order valence-electron chi connectivity index (χ3n) is 3.92. The van der Waals surface area contributed by atoms with Gasteiger partial charge in [-0.1, -0.05) is 23.7 Å². The van der Waals surface area contributed by atoms with Crippen LogP contribution >= 0.6 is 22.9 Å². The molecular weight excluding hydrogens is 352 g/mol. The molecule has 3 rings (SSSR count). The van der Waals surface area contributed by atoms with Crippen molar-refractivity contribution in [3.05, 3.63) is 40.4 Å². The second-order valence-electron chi connectivity index (χ2n) is 5.50. The van der Waals surface area contributed by atoms with Crippen molar-refractivity contribution in [2.45, 2.75) is 18.4 Å². The Balaban J connectivity index is 1.79. The number of carbonyl (C=O) groups excluding carboxylic acids is 1. The van der Waals surface area contributed by atoms with Crippen LogP contribution in [0, 0.1) is 0 Å². The number of carbonyl (C=O) groups is 2. The van der Waals surface area contributed by atoms with E-state index in [-0.39, 0.29) is 18.5 Å². The summed E-state index contributed by atoms with van der Waals surface area (Å²) in [6.07, 6.45) is 0.471. The first kappa shape index (κ1) is 16.9. The van der Waals surface area contributed by atoms with Crippen LogP contribution in [0.1, 0.15) is 23.3 Å². The number of rotatable bonds is 4. The van der Waals surface area contributed by atoms with Crippen LogP contribution in [-0.2, 0) is 9.53 Å². The van der Waals surface area contributed by atoms with Crippen molar-refractivity contribution in [1.29, 1.82) is 0 Å². The molecule has 2 heterocycles. The van der Waals surface area contributed by atoms with E-state index in [1.165, 1.54) is 11.3 Å². The fraction of sp³-hybridized carbons (Fsp3) is 0.312. The molecule has 126 valence electrons. The smallest absolute Gasteiger partial charge is 0.329 e. The minimum absolute atomic E-state index is 0.196. The molecule has 1 aliphatic rings. The summed E-state index contributed by atoms with van der Waals surface area (Å²) in [4.78, 5) is 28.3. The lowest BCUT2D eigenvalue weighted by Crippen LogP contribution is -2.57. The normalized spacial score (nSPS) is 16.5. The number of ether oxygens (including phenoxy) is 1. The number of benzene rings is 1. The summed E-state index contributed by atoms with van der Waals surface area (Å²) in [5.74, 6) is -1.55. The maximum atomic E-state index is 12.4. The summed E-state index contributed by atoms with van der Waals surface area (Å²) in [5.41, 5.74) is -0.289. The Hall–Kier alpha value is -1.96. The molecule has 6 nitrogen and oxygen atoms in total. The van der Waals surface area contributed by atoms with Crippen molar-refractivity contribution >= 4 is 34.8 Å². The van der Waals surface area contributed by atoms with Crippen LogP contribution in [-0.4, -0.2) is 40.7 Å². The van der Waals surface area contributed by atoms with Crippen LogP contribution in [0.15, 0.2) is 29.6 Å². The minimum atomic E-state index is -1.30. The molecule has 1 amide bonds. The molecule has 1 aromatic carbocycles. The number of carboxylic acid groups (broad SMARTS) is 1. The Morgan fingerprint density at radius 1 is 1.33 bits per heavy atom. The highest BCUT2D eigenvalue weighted by molar-refractivity contribution is 7.13. The van der Waals surface area contributed by atoms with Gasteiger partial charge in [-0.25, -0.2) is 9.78 Å². The standard InChI is InChI=1S/C16H15ClN2O4S/c17-11-3-1-2-10(8-11)14-18-12(9-24-14)13(20)19-16(15(21)22)4-6-23-7-5-16/h1-3,8-9H,4-7H2,(H,19,20)(H,21,22). The number of hydrogen-bond acceptors (Lipinski definition) is 5. The molecule has 8 heteroatoms. The molecule has 24 heavy (non-hydrogen) atoms. The summed E-state index contributed by atoms with van der Waals surface area (Å²) in [5, 5.41) is 15.0. The van der Waals surface area contributed by atoms with Crippen molar-refractivity contribution in [1.82, 2.24) is 10.3 Å². The van der Waals surface area contributed by atoms with Gasteiger partial charge in [0.05, 0.1) is 0 Å². The van der Waals surface area contributed by atoms with E-state index in [1.807, 2.05) is 6.07 Å². The van der Waals surface area contributed by atoms with E-state index in [1.54, 1.807) is 23.6 Å². The van der Waals surface area contributed by atoms with Crippen molar-refractivity contribution in [3.8, 4) is 10.6 Å². The zero-order valence-corrected chi connectivity index (χ0v) is 14.2. The van der Waals surface area contributed by atoms with E-state index < -0.39 is 17.4 Å². The third-order valence-corrected chi connectivity index (χ3v) is 5.04. The predicted octanol–water partition coefficient (Wildman–Crippen LogP) is 2.83. The van der Waals surface area contributed by atoms with Gasteiger partial charge < -0.3 is 15.2 Å². The molecule has 2 N–H and O–H groups in total. The van der Waals surface area contributed by atoms with Gasteiger partial charge in [-0.05, 0) is 12.1 Å². The second-order valence-corrected chi connectivity index (χ2v) is 6.80. The Morgan fingerprint density at radius 3 is 2.75 bits per heavy atom. The first-order chi connectivity index (χ1) is 11.5. The van der Waals surface area contributed by atoms with Gasteiger partial charge in [0.1, 0.15) is 16.2 Å². The lowest BCUT2D eigenvalue weighted by atomic mass is 9.90. The average Bonchev–Trinajstić information content (AvgIpc) is 3.06. The van der Waals surface area contributed by atoms with Crippen molar-refractivity contribution in [2.75, 3.05) is 13.2 Å². The minimum Gasteiger partial charge on any atom is -0.480 e. The number of aliphatic carboxylic acids is 1. The number of aromatic nitrogens is 1. The molecule has 0 atom stereocenters. The average molecular weight is 367 g/mol. The Morgan fingerprint density at radius 2 is 2.08 bits per heavy atom. The van der Waals surface area contributed by atoms with Crippen LogP contribution < -0.4 is 5.32 Å². The SMILES string of the molecule is O=C(NC1(C(=O)O)CCOCC1)c1csc(-c2cccc(Cl)c2)n1. The molecule has 0 unspecified atom stereocenters. The fourth-order valence-electron chi connectivity index (χ4n) is 2.53. The van der Waals surface area contributed by atoms with Crippen LogP contribution in [0.4, 0.5) is 0 Å². The largest absolute Gasteiger partial charge is 0.480 e. The van der Waals surface area contributed by atoms with Crippen molar-refractivity contribution < 1.29 is 19.4 Å². The van der Waals surface area contributed by atoms with E-state index in [9.17, 15) is 14.7 Å². The number of nitrogens with zero attached hydrogens (tertiary/aromatic N) is 1. The number of amides is 1. The summed E-state index contributed by atoms with van der Waals surface area (Å²) in [7, 11) is 0. The van der Waals surface area contributed by atoms with Crippen LogP contribution in [0.3, 0.4) is 0 Å². The number of thiazole rings is 1. The molecule has 0 radical (unpaired) electrons. The van der Waals surface area contributed by atoms with E-state index in [0.717, 1.165) is 5.56 Å². The molecule has 0 saturated carbocycles. The van der Waals surface area contributed by atoms with Gasteiger partial charge >= 0.3 is 5.97 Å². The Labute approximate surface area is 147 Å². The maximum Gasteiger partial charge on any atom is 0.329 e. The molecule has 1 aromatic heterocycles. The number of hydrogen-bond donors (Lipinski definition) is 2. The van der Waals surface area contributed by atoms with E-state index in [0.29, 0.717) is 23.2 Å². The van der Waals surface area contributed by atoms with Gasteiger partial charge in [0.25, 0.3) is 5.91 Å². The maximum absolute atomic E-state index is 12.4. The molecule has 0 aliphatic carbocycles. The lowest BCUT2D eigenvalue weighted by molar-refractivity contribution is -0.148. The summed E-state index contributed by atoms with van der Waals surface area (Å²) in [6, 6.07) is 7.18. The van der Waals surface area contributed by atoms with Crippen molar-refractivity contribution in [3.63, 3.8) is 0 Å². The van der Waals surface area contributed by atoms with Crippen LogP contribution in [0.5, 0.6) is 0 Å². The van der Waals surface area contributed by atoms with Crippen LogP contribution in [0.2, 0.25) is 5.02 Å². The van der Waals surface area contributed by atoms with Gasteiger partial charge in [-0.3, -0.25) is 4.79 Å². The third kappa shape index (κ3) is 3.43. The predicted molar refractivity (Wildman–Crippen MR) is 90.4 cm³/mol. The highest BCUT2D eigenvalue weighted by Gasteiger charge is 2.42. The van der Waals surface area contributed by atoms with Crippen LogP contribution in [0.25, 0.3) is 10.6 Å². The number of nitrogens with one attached hydrogen (secondary N) is 1.